The number of primary amides is 1. The van der Waals surface area contributed by atoms with Gasteiger partial charge in [0, 0.05) is 24.8 Å². The maximum atomic E-state index is 11.2. The highest BCUT2D eigenvalue weighted by Crippen LogP contribution is 2.24. The highest BCUT2D eigenvalue weighted by molar-refractivity contribution is 5.88. The number of piperidine rings is 1. The van der Waals surface area contributed by atoms with Gasteiger partial charge in [-0.25, -0.2) is 9.67 Å². The molecule has 1 unspecified atom stereocenters. The molecule has 1 amide bonds. The van der Waals surface area contributed by atoms with Crippen LogP contribution in [0.2, 0.25) is 0 Å². The lowest BCUT2D eigenvalue weighted by Gasteiger charge is -2.32. The van der Waals surface area contributed by atoms with Crippen LogP contribution in [0.1, 0.15) is 35.1 Å². The Balaban J connectivity index is 1.50. The number of benzene rings is 1. The third-order valence-electron chi connectivity index (χ3n) is 4.65. The molecule has 124 valence electrons. The molecule has 24 heavy (non-hydrogen) atoms. The van der Waals surface area contributed by atoms with Crippen molar-refractivity contribution >= 4 is 16.8 Å². The number of nitrogens with two attached hydrogens (primary N) is 1. The molecule has 3 N–H and O–H groups in total. The number of nitrogens with zero attached hydrogens (tertiary/aromatic N) is 4. The van der Waals surface area contributed by atoms with E-state index in [1.54, 1.807) is 11.0 Å². The van der Waals surface area contributed by atoms with Crippen LogP contribution in [0, 0.1) is 0 Å². The minimum absolute atomic E-state index is 0.0864. The Kier molecular flexibility index (Phi) is 3.78. The van der Waals surface area contributed by atoms with Crippen LogP contribution in [-0.4, -0.2) is 43.6 Å². The van der Waals surface area contributed by atoms with Crippen molar-refractivity contribution < 1.29 is 4.79 Å². The third-order valence-corrected chi connectivity index (χ3v) is 4.65. The molecular weight excluding hydrogens is 304 g/mol. The number of likely N-dealkylation sites (tertiary alicyclic amines) is 1. The van der Waals surface area contributed by atoms with E-state index in [9.17, 15) is 4.79 Å². The number of carbonyl (C=O) groups is 1. The quantitative estimate of drug-likeness (QED) is 0.764. The highest BCUT2D eigenvalue weighted by atomic mass is 16.1. The predicted octanol–water partition coefficient (Wildman–Crippen LogP) is 1.70. The molecule has 7 heteroatoms. The zero-order valence-corrected chi connectivity index (χ0v) is 13.4. The number of aromatic amines is 1. The van der Waals surface area contributed by atoms with Crippen molar-refractivity contribution in [2.75, 3.05) is 13.1 Å². The number of hydrogen-bond donors (Lipinski definition) is 2. The van der Waals surface area contributed by atoms with Gasteiger partial charge in [-0.3, -0.25) is 9.69 Å². The summed E-state index contributed by atoms with van der Waals surface area (Å²) >= 11 is 0. The lowest BCUT2D eigenvalue weighted by molar-refractivity contribution is 0.0989. The summed E-state index contributed by atoms with van der Waals surface area (Å²) < 4.78 is 1.78. The standard InChI is InChI=1S/C17H20N6O/c18-16(24)17-20-11-23(21-17)14-5-2-8-22(10-14)9-13-4-1-3-12-6-7-19-15(12)13/h1,3-4,6-7,11,14,19H,2,5,8-10H2,(H2,18,24). The Bertz CT molecular complexity index is 867. The first-order chi connectivity index (χ1) is 11.7. The van der Waals surface area contributed by atoms with E-state index in [0.717, 1.165) is 32.5 Å². The zero-order valence-electron chi connectivity index (χ0n) is 13.4. The predicted molar refractivity (Wildman–Crippen MR) is 90.4 cm³/mol. The van der Waals surface area contributed by atoms with Gasteiger partial charge in [-0.15, -0.1) is 5.10 Å². The molecule has 0 aliphatic carbocycles. The number of amides is 1. The van der Waals surface area contributed by atoms with E-state index in [4.69, 9.17) is 5.73 Å². The first-order valence-electron chi connectivity index (χ1n) is 8.19. The summed E-state index contributed by atoms with van der Waals surface area (Å²) in [4.78, 5) is 20.9. The summed E-state index contributed by atoms with van der Waals surface area (Å²) in [5, 5.41) is 5.45. The fourth-order valence-electron chi connectivity index (χ4n) is 3.48. The van der Waals surface area contributed by atoms with Gasteiger partial charge < -0.3 is 10.7 Å². The Hall–Kier alpha value is -2.67. The van der Waals surface area contributed by atoms with Crippen molar-refractivity contribution in [1.82, 2.24) is 24.6 Å². The van der Waals surface area contributed by atoms with Crippen molar-refractivity contribution in [2.45, 2.75) is 25.4 Å². The molecule has 2 aromatic heterocycles. The molecule has 3 aromatic rings. The molecule has 0 radical (unpaired) electrons. The van der Waals surface area contributed by atoms with Gasteiger partial charge in [0.2, 0.25) is 5.82 Å². The highest BCUT2D eigenvalue weighted by Gasteiger charge is 2.23. The van der Waals surface area contributed by atoms with Gasteiger partial charge in [0.1, 0.15) is 6.33 Å². The summed E-state index contributed by atoms with van der Waals surface area (Å²) in [6.45, 7) is 2.84. The van der Waals surface area contributed by atoms with E-state index in [1.807, 2.05) is 6.20 Å². The maximum absolute atomic E-state index is 11.2. The Morgan fingerprint density at radius 2 is 2.29 bits per heavy atom. The minimum atomic E-state index is -0.583. The largest absolute Gasteiger partial charge is 0.363 e. The topological polar surface area (TPSA) is 92.8 Å². The summed E-state index contributed by atoms with van der Waals surface area (Å²) in [6, 6.07) is 8.71. The molecule has 4 rings (SSSR count). The third kappa shape index (κ3) is 2.78. The number of rotatable bonds is 4. The minimum Gasteiger partial charge on any atom is -0.363 e. The average Bonchev–Trinajstić information content (AvgIpc) is 3.25. The summed E-state index contributed by atoms with van der Waals surface area (Å²) in [5.41, 5.74) is 7.74. The smallest absolute Gasteiger partial charge is 0.288 e. The Morgan fingerprint density at radius 1 is 1.38 bits per heavy atom. The molecule has 1 atom stereocenters. The number of carbonyl (C=O) groups excluding carboxylic acids is 1. The van der Waals surface area contributed by atoms with Crippen LogP contribution < -0.4 is 5.73 Å². The fraction of sp³-hybridized carbons (Fsp3) is 0.353. The van der Waals surface area contributed by atoms with E-state index in [1.165, 1.54) is 16.5 Å². The van der Waals surface area contributed by atoms with Gasteiger partial charge >= 0.3 is 0 Å². The fourth-order valence-corrected chi connectivity index (χ4v) is 3.48. The molecule has 1 aliphatic heterocycles. The van der Waals surface area contributed by atoms with Gasteiger partial charge in [0.05, 0.1) is 6.04 Å². The van der Waals surface area contributed by atoms with E-state index >= 15 is 0 Å². The molecule has 1 aliphatic rings. The SMILES string of the molecule is NC(=O)c1ncn(C2CCCN(Cc3cccc4cc[nH]c34)C2)n1. The first-order valence-corrected chi connectivity index (χ1v) is 8.19. The molecule has 0 saturated carbocycles. The average molecular weight is 324 g/mol. The van der Waals surface area contributed by atoms with Crippen molar-refractivity contribution in [3.05, 3.63) is 48.2 Å². The second-order valence-electron chi connectivity index (χ2n) is 6.30. The monoisotopic (exact) mass is 324 g/mol. The van der Waals surface area contributed by atoms with E-state index in [0.29, 0.717) is 0 Å². The molecule has 1 fully saturated rings. The zero-order chi connectivity index (χ0) is 16.5. The van der Waals surface area contributed by atoms with E-state index < -0.39 is 5.91 Å². The molecule has 0 spiro atoms. The number of nitrogens with one attached hydrogen (secondary N) is 1. The number of H-pyrrole nitrogens is 1. The van der Waals surface area contributed by atoms with Gasteiger partial charge in [0.25, 0.3) is 5.91 Å². The summed E-state index contributed by atoms with van der Waals surface area (Å²) in [5.74, 6) is -0.497. The molecule has 1 aromatic carbocycles. The van der Waals surface area contributed by atoms with Crippen LogP contribution in [-0.2, 0) is 6.54 Å². The van der Waals surface area contributed by atoms with Crippen molar-refractivity contribution in [3.8, 4) is 0 Å². The number of hydrogen-bond acceptors (Lipinski definition) is 4. The molecular formula is C17H20N6O. The molecule has 1 saturated heterocycles. The van der Waals surface area contributed by atoms with Crippen molar-refractivity contribution in [2.24, 2.45) is 5.73 Å². The normalized spacial score (nSPS) is 18.9. The van der Waals surface area contributed by atoms with Crippen molar-refractivity contribution in [3.63, 3.8) is 0 Å². The van der Waals surface area contributed by atoms with Crippen LogP contribution in [0.25, 0.3) is 10.9 Å². The van der Waals surface area contributed by atoms with Crippen LogP contribution in [0.3, 0.4) is 0 Å². The molecule has 3 heterocycles. The maximum Gasteiger partial charge on any atom is 0.288 e. The number of para-hydroxylation sites is 1. The van der Waals surface area contributed by atoms with Crippen LogP contribution in [0.15, 0.2) is 36.8 Å². The molecule has 0 bridgehead atoms. The summed E-state index contributed by atoms with van der Waals surface area (Å²) in [6.07, 6.45) is 5.72. The Morgan fingerprint density at radius 3 is 3.12 bits per heavy atom. The second kappa shape index (κ2) is 6.09. The van der Waals surface area contributed by atoms with Crippen molar-refractivity contribution in [1.29, 1.82) is 0 Å². The van der Waals surface area contributed by atoms with Gasteiger partial charge in [0.15, 0.2) is 0 Å². The number of fused-ring (bicyclic) bond motifs is 1. The van der Waals surface area contributed by atoms with Crippen LogP contribution >= 0.6 is 0 Å². The summed E-state index contributed by atoms with van der Waals surface area (Å²) in [7, 11) is 0. The first kappa shape index (κ1) is 14.9. The second-order valence-corrected chi connectivity index (χ2v) is 6.30. The Labute approximate surface area is 139 Å². The van der Waals surface area contributed by atoms with Crippen LogP contribution in [0.5, 0.6) is 0 Å². The van der Waals surface area contributed by atoms with Gasteiger partial charge in [-0.1, -0.05) is 18.2 Å². The van der Waals surface area contributed by atoms with Gasteiger partial charge in [-0.2, -0.15) is 0 Å². The van der Waals surface area contributed by atoms with E-state index in [2.05, 4.69) is 44.2 Å². The van der Waals surface area contributed by atoms with Crippen LogP contribution in [0.4, 0.5) is 0 Å². The van der Waals surface area contributed by atoms with E-state index in [-0.39, 0.29) is 11.9 Å². The lowest BCUT2D eigenvalue weighted by Crippen LogP contribution is -2.36. The number of aromatic nitrogens is 4. The van der Waals surface area contributed by atoms with Gasteiger partial charge in [-0.05, 0) is 36.4 Å². The molecule has 7 nitrogen and oxygen atoms in total. The lowest BCUT2D eigenvalue weighted by atomic mass is 10.0.